The normalized spacial score (nSPS) is 13.0. The maximum absolute atomic E-state index is 12.6. The number of non-ortho nitro benzene ring substituents is 1. The van der Waals surface area contributed by atoms with E-state index in [9.17, 15) is 24.5 Å². The molecule has 1 heterocycles. The van der Waals surface area contributed by atoms with Crippen molar-refractivity contribution >= 4 is 34.7 Å². The van der Waals surface area contributed by atoms with E-state index in [1.807, 2.05) is 4.90 Å². The van der Waals surface area contributed by atoms with E-state index in [4.69, 9.17) is 4.74 Å². The highest BCUT2D eigenvalue weighted by molar-refractivity contribution is 6.04. The minimum absolute atomic E-state index is 0.0445. The maximum atomic E-state index is 12.6. The summed E-state index contributed by atoms with van der Waals surface area (Å²) in [4.78, 5) is 49.0. The van der Waals surface area contributed by atoms with Crippen LogP contribution in [0.2, 0.25) is 0 Å². The molecule has 2 aromatic carbocycles. The van der Waals surface area contributed by atoms with Crippen molar-refractivity contribution in [3.05, 3.63) is 63.7 Å². The summed E-state index contributed by atoms with van der Waals surface area (Å²) in [5.41, 5.74) is 1.02. The quantitative estimate of drug-likeness (QED) is 0.322. The first-order valence-electron chi connectivity index (χ1n) is 9.47. The number of hydrogen-bond acceptors (Lipinski definition) is 7. The third kappa shape index (κ3) is 4.80. The first-order chi connectivity index (χ1) is 14.4. The number of para-hydroxylation sites is 1. The number of benzene rings is 2. The zero-order valence-corrected chi connectivity index (χ0v) is 16.4. The van der Waals surface area contributed by atoms with Crippen LogP contribution in [0.3, 0.4) is 0 Å². The molecule has 9 nitrogen and oxygen atoms in total. The zero-order chi connectivity index (χ0) is 21.7. The summed E-state index contributed by atoms with van der Waals surface area (Å²) in [6, 6.07) is 10.5. The number of ketones is 1. The van der Waals surface area contributed by atoms with Gasteiger partial charge in [0.15, 0.2) is 12.4 Å². The summed E-state index contributed by atoms with van der Waals surface area (Å²) in [7, 11) is 0. The van der Waals surface area contributed by atoms with Gasteiger partial charge in [-0.3, -0.25) is 19.7 Å². The highest BCUT2D eigenvalue weighted by Crippen LogP contribution is 2.29. The van der Waals surface area contributed by atoms with Crippen LogP contribution < -0.4 is 10.2 Å². The van der Waals surface area contributed by atoms with Gasteiger partial charge in [-0.05, 0) is 38.0 Å². The number of anilines is 2. The number of carbonyl (C=O) groups is 3. The third-order valence-corrected chi connectivity index (χ3v) is 4.77. The number of hydrogen-bond donors (Lipinski definition) is 1. The molecule has 3 rings (SSSR count). The molecule has 1 aliphatic heterocycles. The topological polar surface area (TPSA) is 119 Å². The molecule has 1 N–H and O–H groups in total. The van der Waals surface area contributed by atoms with E-state index in [2.05, 4.69) is 5.32 Å². The fraction of sp³-hybridized carbons (Fsp3) is 0.286. The first kappa shape index (κ1) is 21.0. The van der Waals surface area contributed by atoms with E-state index in [1.165, 1.54) is 25.1 Å². The zero-order valence-electron chi connectivity index (χ0n) is 16.4. The van der Waals surface area contributed by atoms with E-state index in [0.29, 0.717) is 16.9 Å². The van der Waals surface area contributed by atoms with Crippen molar-refractivity contribution in [3.8, 4) is 0 Å². The number of amides is 1. The second-order valence-corrected chi connectivity index (χ2v) is 6.88. The lowest BCUT2D eigenvalue weighted by molar-refractivity contribution is -0.384. The van der Waals surface area contributed by atoms with Crippen molar-refractivity contribution in [2.75, 3.05) is 29.9 Å². The van der Waals surface area contributed by atoms with Crippen LogP contribution >= 0.6 is 0 Å². The summed E-state index contributed by atoms with van der Waals surface area (Å²) in [6.45, 7) is 2.27. The van der Waals surface area contributed by atoms with Gasteiger partial charge in [-0.15, -0.1) is 0 Å². The Morgan fingerprint density at radius 3 is 2.47 bits per heavy atom. The van der Waals surface area contributed by atoms with E-state index < -0.39 is 23.4 Å². The molecule has 1 fully saturated rings. The van der Waals surface area contributed by atoms with Gasteiger partial charge in [-0.2, -0.15) is 0 Å². The SMILES string of the molecule is CC(=O)c1ccccc1NC(=O)COC(=O)c1cc([N+](=O)[O-])ccc1N1CCCC1. The lowest BCUT2D eigenvalue weighted by Gasteiger charge is -2.20. The summed E-state index contributed by atoms with van der Waals surface area (Å²) >= 11 is 0. The molecule has 1 aliphatic rings. The van der Waals surface area contributed by atoms with Gasteiger partial charge in [-0.1, -0.05) is 12.1 Å². The van der Waals surface area contributed by atoms with E-state index in [0.717, 1.165) is 25.9 Å². The summed E-state index contributed by atoms with van der Waals surface area (Å²) < 4.78 is 5.11. The molecule has 30 heavy (non-hydrogen) atoms. The number of nitrogens with zero attached hydrogens (tertiary/aromatic N) is 2. The minimum Gasteiger partial charge on any atom is -0.452 e. The van der Waals surface area contributed by atoms with E-state index in [1.54, 1.807) is 24.3 Å². The number of nitro groups is 1. The predicted octanol–water partition coefficient (Wildman–Crippen LogP) is 3.19. The average Bonchev–Trinajstić information content (AvgIpc) is 3.26. The highest BCUT2D eigenvalue weighted by Gasteiger charge is 2.24. The van der Waals surface area contributed by atoms with Gasteiger partial charge in [0, 0.05) is 30.8 Å². The standard InChI is InChI=1S/C21H21N3O6/c1-14(25)16-6-2-3-7-18(16)22-20(26)13-30-21(27)17-12-15(24(28)29)8-9-19(17)23-10-4-5-11-23/h2-3,6-9,12H,4-5,10-11,13H2,1H3,(H,22,26). The molecule has 0 atom stereocenters. The molecule has 0 unspecified atom stereocenters. The monoisotopic (exact) mass is 411 g/mol. The molecule has 0 radical (unpaired) electrons. The molecular weight excluding hydrogens is 390 g/mol. The largest absolute Gasteiger partial charge is 0.452 e. The molecule has 0 aromatic heterocycles. The Bertz CT molecular complexity index is 998. The predicted molar refractivity (Wildman–Crippen MR) is 110 cm³/mol. The van der Waals surface area contributed by atoms with Crippen LogP contribution in [0.4, 0.5) is 17.1 Å². The van der Waals surface area contributed by atoms with Crippen molar-refractivity contribution in [1.29, 1.82) is 0 Å². The van der Waals surface area contributed by atoms with Crippen molar-refractivity contribution in [2.24, 2.45) is 0 Å². The summed E-state index contributed by atoms with van der Waals surface area (Å²) in [5.74, 6) is -1.66. The van der Waals surface area contributed by atoms with Gasteiger partial charge in [0.05, 0.1) is 21.9 Å². The Kier molecular flexibility index (Phi) is 6.41. The lowest BCUT2D eigenvalue weighted by atomic mass is 10.1. The molecule has 0 saturated carbocycles. The number of rotatable bonds is 7. The molecule has 1 amide bonds. The maximum Gasteiger partial charge on any atom is 0.341 e. The number of carbonyl (C=O) groups excluding carboxylic acids is 3. The summed E-state index contributed by atoms with van der Waals surface area (Å²) in [5, 5.41) is 13.7. The Balaban J connectivity index is 1.72. The average molecular weight is 411 g/mol. The fourth-order valence-corrected chi connectivity index (χ4v) is 3.33. The second kappa shape index (κ2) is 9.17. The number of Topliss-reactive ketones (excluding diaryl/α,β-unsaturated/α-hetero) is 1. The van der Waals surface area contributed by atoms with Crippen LogP contribution in [-0.2, 0) is 9.53 Å². The number of nitro benzene ring substituents is 1. The highest BCUT2D eigenvalue weighted by atomic mass is 16.6. The Labute approximate surface area is 172 Å². The van der Waals surface area contributed by atoms with Crippen LogP contribution in [0.15, 0.2) is 42.5 Å². The summed E-state index contributed by atoms with van der Waals surface area (Å²) in [6.07, 6.45) is 1.92. The number of esters is 1. The van der Waals surface area contributed by atoms with E-state index >= 15 is 0 Å². The second-order valence-electron chi connectivity index (χ2n) is 6.88. The molecular formula is C21H21N3O6. The van der Waals surface area contributed by atoms with Crippen molar-refractivity contribution in [1.82, 2.24) is 0 Å². The van der Waals surface area contributed by atoms with Gasteiger partial charge < -0.3 is 15.0 Å². The molecule has 156 valence electrons. The first-order valence-corrected chi connectivity index (χ1v) is 9.47. The van der Waals surface area contributed by atoms with Crippen LogP contribution in [0.5, 0.6) is 0 Å². The Hall–Kier alpha value is -3.75. The van der Waals surface area contributed by atoms with Crippen LogP contribution in [0.1, 0.15) is 40.5 Å². The molecule has 0 bridgehead atoms. The van der Waals surface area contributed by atoms with Crippen LogP contribution in [-0.4, -0.2) is 42.3 Å². The molecule has 0 aliphatic carbocycles. The fourth-order valence-electron chi connectivity index (χ4n) is 3.33. The molecule has 9 heteroatoms. The van der Waals surface area contributed by atoms with Gasteiger partial charge in [-0.25, -0.2) is 4.79 Å². The van der Waals surface area contributed by atoms with Crippen molar-refractivity contribution in [2.45, 2.75) is 19.8 Å². The molecule has 0 spiro atoms. The van der Waals surface area contributed by atoms with Crippen molar-refractivity contribution < 1.29 is 24.0 Å². The molecule has 2 aromatic rings. The Morgan fingerprint density at radius 1 is 1.10 bits per heavy atom. The van der Waals surface area contributed by atoms with Gasteiger partial charge in [0.25, 0.3) is 11.6 Å². The lowest BCUT2D eigenvalue weighted by Crippen LogP contribution is -2.24. The van der Waals surface area contributed by atoms with Crippen molar-refractivity contribution in [3.63, 3.8) is 0 Å². The van der Waals surface area contributed by atoms with Crippen LogP contribution in [0.25, 0.3) is 0 Å². The smallest absolute Gasteiger partial charge is 0.341 e. The minimum atomic E-state index is -0.824. The van der Waals surface area contributed by atoms with E-state index in [-0.39, 0.29) is 17.0 Å². The third-order valence-electron chi connectivity index (χ3n) is 4.77. The van der Waals surface area contributed by atoms with Gasteiger partial charge in [0.1, 0.15) is 0 Å². The molecule has 1 saturated heterocycles. The number of ether oxygens (including phenoxy) is 1. The van der Waals surface area contributed by atoms with Gasteiger partial charge >= 0.3 is 5.97 Å². The van der Waals surface area contributed by atoms with Gasteiger partial charge in [0.2, 0.25) is 0 Å². The van der Waals surface area contributed by atoms with Crippen LogP contribution in [0, 0.1) is 10.1 Å². The Morgan fingerprint density at radius 2 is 1.80 bits per heavy atom. The number of nitrogens with one attached hydrogen (secondary N) is 1.